The summed E-state index contributed by atoms with van der Waals surface area (Å²) < 4.78 is 29.5. The molecule has 0 aliphatic heterocycles. The number of nitrogens with zero attached hydrogens (tertiary/aromatic N) is 2. The summed E-state index contributed by atoms with van der Waals surface area (Å²) in [6, 6.07) is 9.94. The number of nitrogens with one attached hydrogen (secondary N) is 2. The first kappa shape index (κ1) is 21.2. The molecule has 31 heavy (non-hydrogen) atoms. The van der Waals surface area contributed by atoms with E-state index in [1.165, 1.54) is 18.3 Å². The maximum absolute atomic E-state index is 12.7. The van der Waals surface area contributed by atoms with Crippen molar-refractivity contribution >= 4 is 32.8 Å². The summed E-state index contributed by atoms with van der Waals surface area (Å²) in [5, 5.41) is 7.78. The molecule has 1 aromatic carbocycles. The molecule has 8 nitrogen and oxygen atoms in total. The average molecular weight is 442 g/mol. The third kappa shape index (κ3) is 3.85. The molecule has 9 heteroatoms. The number of carbonyl (C=O) groups excluding carboxylic acids is 1. The smallest absolute Gasteiger partial charge is 0.261 e. The highest BCUT2D eigenvalue weighted by Gasteiger charge is 2.41. The molecule has 4 N–H and O–H groups in total. The molecule has 1 fully saturated rings. The van der Waals surface area contributed by atoms with E-state index in [1.807, 2.05) is 0 Å². The number of anilines is 2. The van der Waals surface area contributed by atoms with Crippen molar-refractivity contribution in [1.82, 2.24) is 9.61 Å². The van der Waals surface area contributed by atoms with E-state index in [4.69, 9.17) is 5.73 Å². The third-order valence-corrected chi connectivity index (χ3v) is 7.98. The lowest BCUT2D eigenvalue weighted by Crippen LogP contribution is -2.35. The van der Waals surface area contributed by atoms with Crippen LogP contribution in [0.25, 0.3) is 5.52 Å². The minimum absolute atomic E-state index is 0.0273. The van der Waals surface area contributed by atoms with Crippen LogP contribution in [0.15, 0.2) is 53.7 Å². The zero-order valence-electron chi connectivity index (χ0n) is 17.8. The summed E-state index contributed by atoms with van der Waals surface area (Å²) in [4.78, 5) is 12.3. The number of fused-ring (bicyclic) bond motifs is 1. The standard InChI is InChI=1S/C22H27N5O3S/c1-14-9-10-19(22(14,2)3)25-20-17(21(23)28)12-24-27-13-15(11-18(20)27)26-31(29,30)16-7-5-4-6-8-16/h4-8,11-14,19,25-26H,9-10H2,1-3H3,(H2,23,28). The van der Waals surface area contributed by atoms with Gasteiger partial charge < -0.3 is 11.1 Å². The van der Waals surface area contributed by atoms with Gasteiger partial charge in [-0.25, -0.2) is 12.9 Å². The number of hydrogen-bond donors (Lipinski definition) is 3. The summed E-state index contributed by atoms with van der Waals surface area (Å²) in [6.45, 7) is 6.65. The number of aromatic nitrogens is 2. The second-order valence-corrected chi connectivity index (χ2v) is 10.5. The van der Waals surface area contributed by atoms with Gasteiger partial charge in [0.2, 0.25) is 0 Å². The number of sulfonamides is 1. The maximum atomic E-state index is 12.7. The Hall–Kier alpha value is -3.07. The first-order chi connectivity index (χ1) is 14.6. The fraction of sp³-hybridized carbons (Fsp3) is 0.364. The normalized spacial score (nSPS) is 20.6. The van der Waals surface area contributed by atoms with E-state index < -0.39 is 15.9 Å². The van der Waals surface area contributed by atoms with Crippen molar-refractivity contribution in [2.24, 2.45) is 17.1 Å². The number of rotatable bonds is 6. The van der Waals surface area contributed by atoms with Gasteiger partial charge in [-0.3, -0.25) is 9.52 Å². The van der Waals surface area contributed by atoms with Crippen molar-refractivity contribution in [2.45, 2.75) is 44.6 Å². The minimum atomic E-state index is -3.75. The molecule has 1 saturated carbocycles. The van der Waals surface area contributed by atoms with Gasteiger partial charge in [-0.2, -0.15) is 5.10 Å². The molecule has 2 aromatic heterocycles. The van der Waals surface area contributed by atoms with Crippen molar-refractivity contribution < 1.29 is 13.2 Å². The van der Waals surface area contributed by atoms with Gasteiger partial charge in [0, 0.05) is 6.04 Å². The van der Waals surface area contributed by atoms with E-state index in [1.54, 1.807) is 35.0 Å². The summed E-state index contributed by atoms with van der Waals surface area (Å²) >= 11 is 0. The summed E-state index contributed by atoms with van der Waals surface area (Å²) in [5.41, 5.74) is 7.42. The topological polar surface area (TPSA) is 119 Å². The second kappa shape index (κ2) is 7.56. The van der Waals surface area contributed by atoms with Crippen molar-refractivity contribution in [2.75, 3.05) is 10.0 Å². The quantitative estimate of drug-likeness (QED) is 0.541. The molecule has 0 radical (unpaired) electrons. The largest absolute Gasteiger partial charge is 0.379 e. The molecule has 2 unspecified atom stereocenters. The molecule has 3 aromatic rings. The minimum Gasteiger partial charge on any atom is -0.379 e. The molecule has 1 aliphatic rings. The van der Waals surface area contributed by atoms with E-state index in [9.17, 15) is 13.2 Å². The van der Waals surface area contributed by atoms with Crippen molar-refractivity contribution in [3.8, 4) is 0 Å². The van der Waals surface area contributed by atoms with Gasteiger partial charge in [-0.15, -0.1) is 0 Å². The molecule has 0 bridgehead atoms. The predicted molar refractivity (Wildman–Crippen MR) is 121 cm³/mol. The lowest BCUT2D eigenvalue weighted by atomic mass is 9.80. The molecule has 164 valence electrons. The number of amides is 1. The van der Waals surface area contributed by atoms with E-state index >= 15 is 0 Å². The molecule has 2 heterocycles. The fourth-order valence-electron chi connectivity index (χ4n) is 4.20. The van der Waals surface area contributed by atoms with Crippen LogP contribution in [0, 0.1) is 11.3 Å². The van der Waals surface area contributed by atoms with Gasteiger partial charge in [0.05, 0.1) is 39.7 Å². The molecule has 0 saturated heterocycles. The van der Waals surface area contributed by atoms with Crippen LogP contribution in [0.5, 0.6) is 0 Å². The van der Waals surface area contributed by atoms with E-state index in [0.29, 0.717) is 22.8 Å². The Bertz CT molecular complexity index is 1230. The van der Waals surface area contributed by atoms with Gasteiger partial charge in [0.1, 0.15) is 0 Å². The van der Waals surface area contributed by atoms with Gasteiger partial charge in [-0.1, -0.05) is 39.0 Å². The number of benzene rings is 1. The van der Waals surface area contributed by atoms with Crippen LogP contribution in [0.3, 0.4) is 0 Å². The van der Waals surface area contributed by atoms with Gasteiger partial charge in [-0.05, 0) is 42.4 Å². The van der Waals surface area contributed by atoms with Crippen LogP contribution in [-0.2, 0) is 10.0 Å². The molecule has 1 aliphatic carbocycles. The average Bonchev–Trinajstić information content (AvgIpc) is 3.23. The first-order valence-corrected chi connectivity index (χ1v) is 11.7. The predicted octanol–water partition coefficient (Wildman–Crippen LogP) is 3.47. The van der Waals surface area contributed by atoms with Crippen LogP contribution in [0.2, 0.25) is 0 Å². The van der Waals surface area contributed by atoms with Crippen LogP contribution >= 0.6 is 0 Å². The first-order valence-electron chi connectivity index (χ1n) is 10.2. The summed E-state index contributed by atoms with van der Waals surface area (Å²) in [7, 11) is -3.75. The number of nitrogens with two attached hydrogens (primary N) is 1. The van der Waals surface area contributed by atoms with E-state index in [2.05, 4.69) is 35.9 Å². The Kier molecular flexibility index (Phi) is 5.17. The zero-order valence-corrected chi connectivity index (χ0v) is 18.6. The summed E-state index contributed by atoms with van der Waals surface area (Å²) in [5.74, 6) is -0.0612. The molecular formula is C22H27N5O3S. The van der Waals surface area contributed by atoms with Gasteiger partial charge in [0.15, 0.2) is 0 Å². The Balaban J connectivity index is 1.74. The summed E-state index contributed by atoms with van der Waals surface area (Å²) in [6.07, 6.45) is 5.04. The van der Waals surface area contributed by atoms with Crippen molar-refractivity contribution in [3.63, 3.8) is 0 Å². The lowest BCUT2D eigenvalue weighted by molar-refractivity contribution is 0.100. The Morgan fingerprint density at radius 1 is 1.23 bits per heavy atom. The fourth-order valence-corrected chi connectivity index (χ4v) is 5.26. The highest BCUT2D eigenvalue weighted by molar-refractivity contribution is 7.92. The molecule has 1 amide bonds. The molecule has 2 atom stereocenters. The van der Waals surface area contributed by atoms with Crippen LogP contribution in [0.1, 0.15) is 44.0 Å². The maximum Gasteiger partial charge on any atom is 0.261 e. The molecular weight excluding hydrogens is 414 g/mol. The SMILES string of the molecule is CC1CCC(Nc2c(C(N)=O)cnn3cc(NS(=O)(=O)c4ccccc4)cc23)C1(C)C. The Labute approximate surface area is 181 Å². The van der Waals surface area contributed by atoms with Crippen LogP contribution in [0.4, 0.5) is 11.4 Å². The van der Waals surface area contributed by atoms with Gasteiger partial charge in [0.25, 0.3) is 15.9 Å². The number of hydrogen-bond acceptors (Lipinski definition) is 5. The highest BCUT2D eigenvalue weighted by Crippen LogP contribution is 2.44. The third-order valence-electron chi connectivity index (χ3n) is 6.58. The lowest BCUT2D eigenvalue weighted by Gasteiger charge is -2.33. The van der Waals surface area contributed by atoms with Gasteiger partial charge >= 0.3 is 0 Å². The van der Waals surface area contributed by atoms with Crippen LogP contribution < -0.4 is 15.8 Å². The number of primary amides is 1. The van der Waals surface area contributed by atoms with E-state index in [-0.39, 0.29) is 21.9 Å². The van der Waals surface area contributed by atoms with Crippen molar-refractivity contribution in [1.29, 1.82) is 0 Å². The monoisotopic (exact) mass is 441 g/mol. The molecule has 4 rings (SSSR count). The number of carbonyl (C=O) groups is 1. The van der Waals surface area contributed by atoms with E-state index in [0.717, 1.165) is 12.8 Å². The Morgan fingerprint density at radius 3 is 2.55 bits per heavy atom. The highest BCUT2D eigenvalue weighted by atomic mass is 32.2. The second-order valence-electron chi connectivity index (χ2n) is 8.77. The zero-order chi connectivity index (χ0) is 22.4. The van der Waals surface area contributed by atoms with Crippen molar-refractivity contribution in [3.05, 3.63) is 54.4 Å². The molecule has 0 spiro atoms. The van der Waals surface area contributed by atoms with Crippen LogP contribution in [-0.4, -0.2) is 30.0 Å². The Morgan fingerprint density at radius 2 is 1.94 bits per heavy atom.